The Morgan fingerprint density at radius 2 is 1.95 bits per heavy atom. The number of rotatable bonds is 4. The molecule has 2 amide bonds. The number of nitrogens with one attached hydrogen (secondary N) is 2. The van der Waals surface area contributed by atoms with Crippen molar-refractivity contribution in [2.45, 2.75) is 12.8 Å². The van der Waals surface area contributed by atoms with E-state index in [-0.39, 0.29) is 17.7 Å². The Balaban J connectivity index is 1.85. The monoisotopic (exact) mass is 330 g/mol. The Morgan fingerprint density at radius 3 is 2.57 bits per heavy atom. The molecular weight excluding hydrogens is 313 g/mol. The fraction of sp³-hybridized carbons (Fsp3) is 0.429. The van der Waals surface area contributed by atoms with E-state index in [4.69, 9.17) is 28.9 Å². The van der Waals surface area contributed by atoms with Crippen molar-refractivity contribution >= 4 is 40.7 Å². The van der Waals surface area contributed by atoms with Gasteiger partial charge in [-0.25, -0.2) is 0 Å². The van der Waals surface area contributed by atoms with Gasteiger partial charge in [-0.3, -0.25) is 9.59 Å². The zero-order chi connectivity index (χ0) is 15.4. The van der Waals surface area contributed by atoms with Gasteiger partial charge in [0.15, 0.2) is 6.54 Å². The van der Waals surface area contributed by atoms with Crippen LogP contribution in [0.1, 0.15) is 12.8 Å². The molecule has 21 heavy (non-hydrogen) atoms. The van der Waals surface area contributed by atoms with Crippen molar-refractivity contribution in [2.24, 2.45) is 11.7 Å². The van der Waals surface area contributed by atoms with E-state index in [1.807, 2.05) is 0 Å². The SMILES string of the molecule is NC(=O)C1CC[NH+](CC(=O)Nc2cc(Cl)ccc2Cl)CC1. The van der Waals surface area contributed by atoms with Crippen LogP contribution in [0.4, 0.5) is 5.69 Å². The highest BCUT2D eigenvalue weighted by atomic mass is 35.5. The Morgan fingerprint density at radius 1 is 1.29 bits per heavy atom. The average molecular weight is 331 g/mol. The molecule has 4 N–H and O–H groups in total. The van der Waals surface area contributed by atoms with Gasteiger partial charge >= 0.3 is 0 Å². The number of likely N-dealkylation sites (tertiary alicyclic amines) is 1. The van der Waals surface area contributed by atoms with Crippen LogP contribution in [-0.4, -0.2) is 31.4 Å². The number of benzene rings is 1. The van der Waals surface area contributed by atoms with Crippen LogP contribution in [0.5, 0.6) is 0 Å². The molecule has 1 aliphatic rings. The molecule has 0 aromatic heterocycles. The predicted octanol–water partition coefficient (Wildman–Crippen LogP) is 0.712. The van der Waals surface area contributed by atoms with Crippen LogP contribution in [-0.2, 0) is 9.59 Å². The second-order valence-electron chi connectivity index (χ2n) is 5.28. The molecule has 0 spiro atoms. The molecular formula is C14H18Cl2N3O2+. The maximum Gasteiger partial charge on any atom is 0.279 e. The summed E-state index contributed by atoms with van der Waals surface area (Å²) in [6.07, 6.45) is 1.46. The number of amides is 2. The maximum absolute atomic E-state index is 12.0. The number of hydrogen-bond donors (Lipinski definition) is 3. The van der Waals surface area contributed by atoms with E-state index in [9.17, 15) is 9.59 Å². The van der Waals surface area contributed by atoms with Crippen LogP contribution in [0.2, 0.25) is 10.0 Å². The summed E-state index contributed by atoms with van der Waals surface area (Å²) < 4.78 is 0. The Bertz CT molecular complexity index is 543. The summed E-state index contributed by atoms with van der Waals surface area (Å²) in [5.74, 6) is -0.421. The molecule has 1 heterocycles. The second-order valence-corrected chi connectivity index (χ2v) is 6.12. The Hall–Kier alpha value is -1.30. The zero-order valence-electron chi connectivity index (χ0n) is 11.5. The molecule has 1 aromatic carbocycles. The lowest BCUT2D eigenvalue weighted by Crippen LogP contribution is -3.14. The van der Waals surface area contributed by atoms with Crippen LogP contribution < -0.4 is 16.0 Å². The first-order valence-electron chi connectivity index (χ1n) is 6.83. The third kappa shape index (κ3) is 4.59. The number of quaternary nitrogens is 1. The molecule has 1 fully saturated rings. The summed E-state index contributed by atoms with van der Waals surface area (Å²) in [7, 11) is 0. The molecule has 0 unspecified atom stereocenters. The first-order valence-corrected chi connectivity index (χ1v) is 7.59. The van der Waals surface area contributed by atoms with Gasteiger partial charge in [-0.2, -0.15) is 0 Å². The van der Waals surface area contributed by atoms with Crippen molar-refractivity contribution in [3.05, 3.63) is 28.2 Å². The van der Waals surface area contributed by atoms with Crippen molar-refractivity contribution in [3.63, 3.8) is 0 Å². The molecule has 1 saturated heterocycles. The first-order chi connectivity index (χ1) is 9.95. The number of nitrogens with two attached hydrogens (primary N) is 1. The molecule has 5 nitrogen and oxygen atoms in total. The van der Waals surface area contributed by atoms with Gasteiger partial charge in [0, 0.05) is 23.8 Å². The lowest BCUT2D eigenvalue weighted by molar-refractivity contribution is -0.897. The van der Waals surface area contributed by atoms with Gasteiger partial charge < -0.3 is 16.0 Å². The van der Waals surface area contributed by atoms with Crippen molar-refractivity contribution < 1.29 is 14.5 Å². The van der Waals surface area contributed by atoms with Crippen LogP contribution in [0, 0.1) is 5.92 Å². The third-order valence-corrected chi connectivity index (χ3v) is 4.27. The lowest BCUT2D eigenvalue weighted by atomic mass is 9.96. The number of primary amides is 1. The average Bonchev–Trinajstić information content (AvgIpc) is 2.43. The van der Waals surface area contributed by atoms with E-state index >= 15 is 0 Å². The molecule has 1 aromatic rings. The summed E-state index contributed by atoms with van der Waals surface area (Å²) >= 11 is 11.9. The van der Waals surface area contributed by atoms with Crippen LogP contribution in [0.25, 0.3) is 0 Å². The normalized spacial score (nSPS) is 21.8. The minimum Gasteiger partial charge on any atom is -0.369 e. The van der Waals surface area contributed by atoms with Crippen molar-refractivity contribution in [3.8, 4) is 0 Å². The predicted molar refractivity (Wildman–Crippen MR) is 82.6 cm³/mol. The first kappa shape index (κ1) is 16.1. The minimum atomic E-state index is -0.246. The highest BCUT2D eigenvalue weighted by Gasteiger charge is 2.27. The molecule has 2 rings (SSSR count). The van der Waals surface area contributed by atoms with Gasteiger partial charge in [0.05, 0.1) is 23.8 Å². The Labute approximate surface area is 133 Å². The molecule has 0 saturated carbocycles. The topological polar surface area (TPSA) is 76.6 Å². The number of halogens is 2. The van der Waals surface area contributed by atoms with Gasteiger partial charge in [-0.15, -0.1) is 0 Å². The summed E-state index contributed by atoms with van der Waals surface area (Å²) in [6, 6.07) is 4.93. The van der Waals surface area contributed by atoms with Crippen LogP contribution in [0.3, 0.4) is 0 Å². The second kappa shape index (κ2) is 7.11. The number of carbonyl (C=O) groups is 2. The van der Waals surface area contributed by atoms with E-state index in [1.54, 1.807) is 18.2 Å². The highest BCUT2D eigenvalue weighted by Crippen LogP contribution is 2.25. The van der Waals surface area contributed by atoms with E-state index in [1.165, 1.54) is 0 Å². The molecule has 114 valence electrons. The van der Waals surface area contributed by atoms with Crippen LogP contribution >= 0.6 is 23.2 Å². The van der Waals surface area contributed by atoms with E-state index < -0.39 is 0 Å². The fourth-order valence-corrected chi connectivity index (χ4v) is 2.84. The van der Waals surface area contributed by atoms with E-state index in [0.717, 1.165) is 30.8 Å². The zero-order valence-corrected chi connectivity index (χ0v) is 13.0. The highest BCUT2D eigenvalue weighted by molar-refractivity contribution is 6.35. The maximum atomic E-state index is 12.0. The van der Waals surface area contributed by atoms with Crippen LogP contribution in [0.15, 0.2) is 18.2 Å². The molecule has 0 aliphatic carbocycles. The van der Waals surface area contributed by atoms with Gasteiger partial charge in [0.2, 0.25) is 5.91 Å². The summed E-state index contributed by atoms with van der Waals surface area (Å²) in [6.45, 7) is 1.88. The quantitative estimate of drug-likeness (QED) is 0.760. The van der Waals surface area contributed by atoms with Gasteiger partial charge in [-0.1, -0.05) is 23.2 Å². The lowest BCUT2D eigenvalue weighted by Gasteiger charge is -2.27. The summed E-state index contributed by atoms with van der Waals surface area (Å²) in [4.78, 5) is 24.3. The van der Waals surface area contributed by atoms with Gasteiger partial charge in [0.1, 0.15) is 0 Å². The van der Waals surface area contributed by atoms with E-state index in [2.05, 4.69) is 5.32 Å². The van der Waals surface area contributed by atoms with Crippen molar-refractivity contribution in [1.82, 2.24) is 0 Å². The van der Waals surface area contributed by atoms with Crippen molar-refractivity contribution in [1.29, 1.82) is 0 Å². The Kier molecular flexibility index (Phi) is 5.45. The largest absolute Gasteiger partial charge is 0.369 e. The molecule has 1 aliphatic heterocycles. The number of piperidine rings is 1. The third-order valence-electron chi connectivity index (χ3n) is 3.71. The standard InChI is InChI=1S/C14H17Cl2N3O2/c15-10-1-2-11(16)12(7-10)18-13(20)8-19-5-3-9(4-6-19)14(17)21/h1-2,7,9H,3-6,8H2,(H2,17,21)(H,18,20)/p+1. The molecule has 0 atom stereocenters. The summed E-state index contributed by atoms with van der Waals surface area (Å²) in [5.41, 5.74) is 5.81. The van der Waals surface area contributed by atoms with Crippen molar-refractivity contribution in [2.75, 3.05) is 25.0 Å². The number of anilines is 1. The molecule has 7 heteroatoms. The smallest absolute Gasteiger partial charge is 0.279 e. The number of carbonyl (C=O) groups excluding carboxylic acids is 2. The van der Waals surface area contributed by atoms with Gasteiger partial charge in [-0.05, 0) is 18.2 Å². The van der Waals surface area contributed by atoms with Gasteiger partial charge in [0.25, 0.3) is 5.91 Å². The number of hydrogen-bond acceptors (Lipinski definition) is 2. The fourth-order valence-electron chi connectivity index (χ4n) is 2.50. The summed E-state index contributed by atoms with van der Waals surface area (Å²) in [5, 5.41) is 3.74. The van der Waals surface area contributed by atoms with E-state index in [0.29, 0.717) is 22.3 Å². The molecule has 0 radical (unpaired) electrons. The minimum absolute atomic E-state index is 0.0563. The molecule has 0 bridgehead atoms.